The highest BCUT2D eigenvalue weighted by atomic mass is 32.1. The third-order valence-corrected chi connectivity index (χ3v) is 3.90. The Balaban J connectivity index is 1.91. The van der Waals surface area contributed by atoms with Crippen LogP contribution < -0.4 is 10.2 Å². The minimum atomic E-state index is -0.348. The van der Waals surface area contributed by atoms with Crippen LogP contribution in [-0.2, 0) is 17.7 Å². The van der Waals surface area contributed by atoms with E-state index in [4.69, 9.17) is 9.57 Å². The summed E-state index contributed by atoms with van der Waals surface area (Å²) in [6.45, 7) is 0. The van der Waals surface area contributed by atoms with E-state index in [9.17, 15) is 4.79 Å². The number of hydrogen-bond acceptors (Lipinski definition) is 5. The molecule has 0 atom stereocenters. The summed E-state index contributed by atoms with van der Waals surface area (Å²) in [6, 6.07) is 9.91. The molecule has 2 rings (SSSR count). The molecule has 0 aliphatic carbocycles. The van der Waals surface area contributed by atoms with Crippen molar-refractivity contribution in [2.24, 2.45) is 0 Å². The minimum Gasteiger partial charge on any atom is -0.497 e. The summed E-state index contributed by atoms with van der Waals surface area (Å²) in [5, 5.41) is 1.82. The van der Waals surface area contributed by atoms with Crippen LogP contribution in [0.1, 0.15) is 20.8 Å². The predicted octanol–water partition coefficient (Wildman–Crippen LogP) is 2.83. The Kier molecular flexibility index (Phi) is 5.15. The summed E-state index contributed by atoms with van der Waals surface area (Å²) in [5.41, 5.74) is 4.23. The first-order valence-corrected chi connectivity index (χ1v) is 7.19. The van der Waals surface area contributed by atoms with Gasteiger partial charge in [-0.25, -0.2) is 4.79 Å². The van der Waals surface area contributed by atoms with Crippen LogP contribution in [0.4, 0.5) is 0 Å². The first-order valence-electron chi connectivity index (χ1n) is 6.31. The van der Waals surface area contributed by atoms with Crippen LogP contribution in [0, 0.1) is 0 Å². The van der Waals surface area contributed by atoms with Gasteiger partial charge in [0.15, 0.2) is 0 Å². The van der Waals surface area contributed by atoms with Gasteiger partial charge in [0.25, 0.3) is 0 Å². The Bertz CT molecular complexity index is 563. The fourth-order valence-corrected chi connectivity index (χ4v) is 2.69. The second-order valence-electron chi connectivity index (χ2n) is 4.24. The number of thiophene rings is 1. The topological polar surface area (TPSA) is 47.6 Å². The zero-order valence-electron chi connectivity index (χ0n) is 11.5. The Hall–Kier alpha value is -1.85. The molecule has 106 valence electrons. The Morgan fingerprint density at radius 2 is 2.00 bits per heavy atom. The lowest BCUT2D eigenvalue weighted by Crippen LogP contribution is -2.14. The lowest BCUT2D eigenvalue weighted by molar-refractivity contribution is 0.0310. The van der Waals surface area contributed by atoms with Crippen molar-refractivity contribution < 1.29 is 14.4 Å². The number of aryl methyl sites for hydroxylation is 2. The molecule has 1 N–H and O–H groups in total. The van der Waals surface area contributed by atoms with Crippen molar-refractivity contribution in [3.63, 3.8) is 0 Å². The van der Waals surface area contributed by atoms with Crippen molar-refractivity contribution in [3.8, 4) is 5.75 Å². The van der Waals surface area contributed by atoms with Gasteiger partial charge in [-0.2, -0.15) is 5.48 Å². The average molecular weight is 291 g/mol. The van der Waals surface area contributed by atoms with Crippen molar-refractivity contribution in [1.29, 1.82) is 0 Å². The number of methoxy groups -OCH3 is 1. The molecule has 0 amide bonds. The molecule has 5 heteroatoms. The predicted molar refractivity (Wildman–Crippen MR) is 79.2 cm³/mol. The average Bonchev–Trinajstić information content (AvgIpc) is 2.95. The van der Waals surface area contributed by atoms with Gasteiger partial charge in [0, 0.05) is 17.3 Å². The highest BCUT2D eigenvalue weighted by molar-refractivity contribution is 7.10. The van der Waals surface area contributed by atoms with E-state index < -0.39 is 0 Å². The number of hydroxylamine groups is 1. The van der Waals surface area contributed by atoms with E-state index in [0.29, 0.717) is 5.56 Å². The van der Waals surface area contributed by atoms with Crippen LogP contribution in [0.25, 0.3) is 0 Å². The second-order valence-corrected chi connectivity index (χ2v) is 5.24. The third kappa shape index (κ3) is 3.82. The van der Waals surface area contributed by atoms with E-state index >= 15 is 0 Å². The molecule has 2 aromatic rings. The van der Waals surface area contributed by atoms with Gasteiger partial charge < -0.3 is 9.57 Å². The summed E-state index contributed by atoms with van der Waals surface area (Å²) in [7, 11) is 3.22. The van der Waals surface area contributed by atoms with Crippen molar-refractivity contribution in [2.45, 2.75) is 12.8 Å². The molecule has 1 heterocycles. The summed E-state index contributed by atoms with van der Waals surface area (Å²) >= 11 is 1.58. The van der Waals surface area contributed by atoms with Gasteiger partial charge in [-0.15, -0.1) is 11.3 Å². The van der Waals surface area contributed by atoms with Gasteiger partial charge >= 0.3 is 5.97 Å². The molecule has 1 aromatic carbocycles. The van der Waals surface area contributed by atoms with Crippen LogP contribution in [0.2, 0.25) is 0 Å². The SMILES string of the molecule is CNOC(=O)c1csc(CCc2ccc(OC)cc2)c1. The molecular weight excluding hydrogens is 274 g/mol. The lowest BCUT2D eigenvalue weighted by atomic mass is 10.1. The smallest absolute Gasteiger partial charge is 0.357 e. The Labute approximate surface area is 122 Å². The lowest BCUT2D eigenvalue weighted by Gasteiger charge is -2.02. The van der Waals surface area contributed by atoms with E-state index in [1.54, 1.807) is 25.5 Å². The van der Waals surface area contributed by atoms with Gasteiger partial charge in [0.2, 0.25) is 0 Å². The van der Waals surface area contributed by atoms with Crippen molar-refractivity contribution in [3.05, 3.63) is 51.7 Å². The summed E-state index contributed by atoms with van der Waals surface area (Å²) in [5.74, 6) is 0.515. The van der Waals surface area contributed by atoms with E-state index in [1.165, 1.54) is 10.4 Å². The van der Waals surface area contributed by atoms with E-state index in [2.05, 4.69) is 17.6 Å². The standard InChI is InChI=1S/C15H17NO3S/c1-16-19-15(17)12-9-14(20-10-12)8-5-11-3-6-13(18-2)7-4-11/h3-4,6-7,9-10,16H,5,8H2,1-2H3. The quantitative estimate of drug-likeness (QED) is 0.831. The van der Waals surface area contributed by atoms with E-state index in [-0.39, 0.29) is 5.97 Å². The normalized spacial score (nSPS) is 10.3. The van der Waals surface area contributed by atoms with Gasteiger partial charge in [-0.3, -0.25) is 0 Å². The number of nitrogens with one attached hydrogen (secondary N) is 1. The van der Waals surface area contributed by atoms with Crippen LogP contribution in [0.5, 0.6) is 5.75 Å². The highest BCUT2D eigenvalue weighted by Crippen LogP contribution is 2.19. The highest BCUT2D eigenvalue weighted by Gasteiger charge is 2.09. The molecule has 0 saturated heterocycles. The third-order valence-electron chi connectivity index (χ3n) is 2.90. The molecule has 0 aliphatic rings. The molecule has 0 saturated carbocycles. The number of rotatable bonds is 6. The second kappa shape index (κ2) is 7.07. The van der Waals surface area contributed by atoms with Gasteiger partial charge in [-0.1, -0.05) is 12.1 Å². The molecule has 0 aliphatic heterocycles. The monoisotopic (exact) mass is 291 g/mol. The van der Waals surface area contributed by atoms with Crippen molar-refractivity contribution in [2.75, 3.05) is 14.2 Å². The van der Waals surface area contributed by atoms with Crippen LogP contribution in [-0.4, -0.2) is 20.1 Å². The fourth-order valence-electron chi connectivity index (χ4n) is 1.83. The van der Waals surface area contributed by atoms with Gasteiger partial charge in [0.1, 0.15) is 5.75 Å². The van der Waals surface area contributed by atoms with Crippen molar-refractivity contribution >= 4 is 17.3 Å². The Morgan fingerprint density at radius 3 is 2.65 bits per heavy atom. The van der Waals surface area contributed by atoms with E-state index in [0.717, 1.165) is 18.6 Å². The molecule has 0 unspecified atom stereocenters. The number of hydrogen-bond donors (Lipinski definition) is 1. The summed E-state index contributed by atoms with van der Waals surface area (Å²) < 4.78 is 5.13. The first-order chi connectivity index (χ1) is 9.72. The van der Waals surface area contributed by atoms with E-state index in [1.807, 2.05) is 23.6 Å². The van der Waals surface area contributed by atoms with Crippen LogP contribution >= 0.6 is 11.3 Å². The van der Waals surface area contributed by atoms with Crippen LogP contribution in [0.15, 0.2) is 35.7 Å². The number of benzene rings is 1. The zero-order chi connectivity index (χ0) is 14.4. The summed E-state index contributed by atoms with van der Waals surface area (Å²) in [6.07, 6.45) is 1.84. The van der Waals surface area contributed by atoms with Crippen molar-refractivity contribution in [1.82, 2.24) is 5.48 Å². The number of carbonyl (C=O) groups excluding carboxylic acids is 1. The van der Waals surface area contributed by atoms with Crippen LogP contribution in [0.3, 0.4) is 0 Å². The zero-order valence-corrected chi connectivity index (χ0v) is 12.3. The molecule has 4 nitrogen and oxygen atoms in total. The van der Waals surface area contributed by atoms with Gasteiger partial charge in [0.05, 0.1) is 12.7 Å². The molecule has 20 heavy (non-hydrogen) atoms. The Morgan fingerprint density at radius 1 is 1.25 bits per heavy atom. The molecular formula is C15H17NO3S. The largest absolute Gasteiger partial charge is 0.497 e. The molecule has 0 spiro atoms. The molecule has 0 radical (unpaired) electrons. The minimum absolute atomic E-state index is 0.348. The first kappa shape index (κ1) is 14.6. The summed E-state index contributed by atoms with van der Waals surface area (Å²) in [4.78, 5) is 17.4. The van der Waals surface area contributed by atoms with Gasteiger partial charge in [-0.05, 0) is 36.6 Å². The fraction of sp³-hybridized carbons (Fsp3) is 0.267. The maximum Gasteiger partial charge on any atom is 0.357 e. The molecule has 1 aromatic heterocycles. The number of carbonyl (C=O) groups is 1. The maximum absolute atomic E-state index is 11.5. The molecule has 0 fully saturated rings. The maximum atomic E-state index is 11.5. The molecule has 0 bridgehead atoms. The number of ether oxygens (including phenoxy) is 1.